The monoisotopic (exact) mass is 1730 g/mol. The molecule has 0 saturated carbocycles. The van der Waals surface area contributed by atoms with Crippen molar-refractivity contribution in [2.75, 3.05) is 149 Å². The zero-order chi connectivity index (χ0) is 92.5. The van der Waals surface area contributed by atoms with E-state index < -0.39 is 192 Å². The summed E-state index contributed by atoms with van der Waals surface area (Å²) in [6, 6.07) is 33.0. The maximum Gasteiger partial charge on any atom is 0.346 e. The van der Waals surface area contributed by atoms with E-state index in [9.17, 15) is 82.1 Å². The van der Waals surface area contributed by atoms with Crippen LogP contribution in [0.3, 0.4) is 0 Å². The Hall–Kier alpha value is -15.0. The average molecular weight is 1740 g/mol. The topological polar surface area (TPSA) is 566 Å². The van der Waals surface area contributed by atoms with Gasteiger partial charge in [-0.3, -0.25) is 33.6 Å². The van der Waals surface area contributed by atoms with Crippen LogP contribution < -0.4 is 37.9 Å². The number of ketones is 7. The Morgan fingerprint density at radius 3 is 0.653 bits per heavy atom. The standard InChI is InChI=1S/C23H22O7.C18H20O11.C17H18O9.C14H16O7.C13H14O5/c1-27-20-9-3-17(4-10-20)7-13-22(25)29-15-19(24)16-30-23(26)14-8-18-5-11-21(28-2)12-6-18;1-26-14-4-10(5-15(27-2)16(14)23)3-13(17(24)28-8-11(21)6-19)18(25)29-9-12(22)7-20;1-24-14-4-2-11(3-5-14)6-15(16(22)25-9-12(20)7-18)17(23)26-10-13(21)8-19;1-19-11-5-9(6-12(20-2)14(11)18)3-4-13(17)21-8-10(16)7-15;1-17-12-5-2-10(3-6-12)4-7-13(16)18-9-11(15)8-14/h3-14H,15-16H2,1-2H3;3-5,19-20,23H,6-9H2,1-2H3;2-6,18-19H,7-10H2,1H3;3-6,15,18H,7-8H2,1-2H3;2-7,14H,8-9H2,1H3/b13-7+,14-8+;;;4-3+;7-4+. The predicted octanol–water partition coefficient (Wildman–Crippen LogP) is 2.72. The third-order valence-corrected chi connectivity index (χ3v) is 14.6. The lowest BCUT2D eigenvalue weighted by Crippen LogP contribution is -2.24. The molecule has 0 bridgehead atoms. The highest BCUT2D eigenvalue weighted by molar-refractivity contribution is 6.19. The first kappa shape index (κ1) is 105. The van der Waals surface area contributed by atoms with Crippen LogP contribution in [0, 0.1) is 0 Å². The Morgan fingerprint density at radius 2 is 0.435 bits per heavy atom. The number of benzene rings is 6. The molecule has 0 unspecified atom stereocenters. The zero-order valence-electron chi connectivity index (χ0n) is 68.0. The van der Waals surface area contributed by atoms with Crippen molar-refractivity contribution in [3.8, 4) is 57.5 Å². The van der Waals surface area contributed by atoms with Crippen LogP contribution in [-0.4, -0.2) is 278 Å². The van der Waals surface area contributed by atoms with Crippen LogP contribution in [0.2, 0.25) is 0 Å². The normalized spacial score (nSPS) is 10.2. The molecule has 0 amide bonds. The van der Waals surface area contributed by atoms with Crippen molar-refractivity contribution < 1.29 is 189 Å². The van der Waals surface area contributed by atoms with E-state index in [2.05, 4.69) is 28.4 Å². The van der Waals surface area contributed by atoms with Gasteiger partial charge < -0.3 is 117 Å². The van der Waals surface area contributed by atoms with Gasteiger partial charge in [0.05, 0.1) is 56.9 Å². The summed E-state index contributed by atoms with van der Waals surface area (Å²) in [5.74, 6) is -9.83. The van der Waals surface area contributed by atoms with Gasteiger partial charge >= 0.3 is 47.8 Å². The van der Waals surface area contributed by atoms with E-state index in [0.29, 0.717) is 28.4 Å². The van der Waals surface area contributed by atoms with E-state index in [0.717, 1.165) is 40.7 Å². The molecule has 664 valence electrons. The molecule has 39 heteroatoms. The van der Waals surface area contributed by atoms with Gasteiger partial charge in [0.2, 0.25) is 17.3 Å². The lowest BCUT2D eigenvalue weighted by molar-refractivity contribution is -0.152. The van der Waals surface area contributed by atoms with Crippen molar-refractivity contribution in [2.24, 2.45) is 0 Å². The minimum absolute atomic E-state index is 0.0254. The van der Waals surface area contributed by atoms with Gasteiger partial charge in [0, 0.05) is 24.3 Å². The second-order valence-corrected chi connectivity index (χ2v) is 23.5. The summed E-state index contributed by atoms with van der Waals surface area (Å²) in [5.41, 5.74) is 2.21. The number of methoxy groups -OCH3 is 8. The van der Waals surface area contributed by atoms with Crippen LogP contribution in [0.4, 0.5) is 0 Å². The molecule has 0 radical (unpaired) electrons. The smallest absolute Gasteiger partial charge is 0.346 e. The molecular formula is C85H90O39. The van der Waals surface area contributed by atoms with E-state index >= 15 is 0 Å². The summed E-state index contributed by atoms with van der Waals surface area (Å²) in [6.45, 7) is -9.58. The second kappa shape index (κ2) is 59.6. The highest BCUT2D eigenvalue weighted by Gasteiger charge is 2.26. The van der Waals surface area contributed by atoms with Crippen LogP contribution in [0.15, 0.2) is 157 Å². The molecule has 6 aromatic rings. The summed E-state index contributed by atoms with van der Waals surface area (Å²) in [5, 5.41) is 71.2. The number of aromatic hydroxyl groups is 2. The first-order chi connectivity index (χ1) is 59.3. The van der Waals surface area contributed by atoms with Crippen molar-refractivity contribution in [3.63, 3.8) is 0 Å². The van der Waals surface area contributed by atoms with E-state index in [-0.39, 0.29) is 40.1 Å². The van der Waals surface area contributed by atoms with Crippen molar-refractivity contribution in [1.82, 2.24) is 0 Å². The Bertz CT molecular complexity index is 4560. The van der Waals surface area contributed by atoms with Crippen LogP contribution in [0.1, 0.15) is 33.4 Å². The largest absolute Gasteiger partial charge is 0.502 e. The Balaban J connectivity index is 0.000000531. The van der Waals surface area contributed by atoms with Crippen molar-refractivity contribution >= 4 is 125 Å². The molecule has 8 N–H and O–H groups in total. The number of Topliss-reactive ketones (excluding diaryl/α,β-unsaturated/α-hetero) is 7. The van der Waals surface area contributed by atoms with Gasteiger partial charge in [0.1, 0.15) is 73.8 Å². The minimum Gasteiger partial charge on any atom is -0.502 e. The van der Waals surface area contributed by atoms with Gasteiger partial charge in [-0.1, -0.05) is 48.5 Å². The first-order valence-corrected chi connectivity index (χ1v) is 35.6. The fraction of sp³-hybridized carbons (Fsp3) is 0.259. The lowest BCUT2D eigenvalue weighted by Gasteiger charge is -2.11. The minimum atomic E-state index is -1.26. The molecule has 0 aliphatic heterocycles. The van der Waals surface area contributed by atoms with E-state index in [1.807, 2.05) is 0 Å². The summed E-state index contributed by atoms with van der Waals surface area (Å²) >= 11 is 0. The molecule has 39 nitrogen and oxygen atoms in total. The average Bonchev–Trinajstić information content (AvgIpc) is 0.828. The third kappa shape index (κ3) is 42.1. The van der Waals surface area contributed by atoms with Gasteiger partial charge in [-0.25, -0.2) is 38.4 Å². The van der Waals surface area contributed by atoms with Crippen LogP contribution in [0.5, 0.6) is 57.5 Å². The summed E-state index contributed by atoms with van der Waals surface area (Å²) in [6.07, 6.45) is 13.0. The molecule has 0 aromatic heterocycles. The number of aliphatic hydroxyl groups excluding tert-OH is 6. The highest BCUT2D eigenvalue weighted by Crippen LogP contribution is 2.39. The molecule has 0 fully saturated rings. The Morgan fingerprint density at radius 1 is 0.242 bits per heavy atom. The number of aliphatic hydroxyl groups is 6. The molecule has 0 aliphatic rings. The quantitative estimate of drug-likeness (QED) is 0.00896. The first-order valence-electron chi connectivity index (χ1n) is 35.6. The fourth-order valence-corrected chi connectivity index (χ4v) is 8.25. The maximum atomic E-state index is 12.2. The second-order valence-electron chi connectivity index (χ2n) is 23.5. The molecule has 0 atom stereocenters. The van der Waals surface area contributed by atoms with Gasteiger partial charge in [-0.05, 0) is 143 Å². The SMILES string of the molecule is COc1cc(/C=C/C(=O)OCC(=O)CO)cc(OC)c1O.COc1cc(C=C(C(=O)OCC(=O)CO)C(=O)OCC(=O)CO)cc(OC)c1O.COc1ccc(/C=C/C(=O)OCC(=O)CO)cc1.COc1ccc(/C=C/C(=O)OCC(=O)COC(=O)/C=C/c2ccc(OC)cc2)cc1.COc1ccc(C=C(C(=O)OCC(=O)CO)C(=O)OCC(=O)CO)cc1. The van der Waals surface area contributed by atoms with Gasteiger partial charge in [0.15, 0.2) is 111 Å². The van der Waals surface area contributed by atoms with E-state index in [4.69, 9.17) is 78.0 Å². The molecule has 0 spiro atoms. The summed E-state index contributed by atoms with van der Waals surface area (Å²) < 4.78 is 77.5. The number of carbonyl (C=O) groups excluding carboxylic acids is 15. The van der Waals surface area contributed by atoms with Crippen LogP contribution in [0.25, 0.3) is 36.5 Å². The fourth-order valence-electron chi connectivity index (χ4n) is 8.25. The molecule has 0 aliphatic carbocycles. The van der Waals surface area contributed by atoms with Gasteiger partial charge in [0.25, 0.3) is 0 Å². The molecule has 6 rings (SSSR count). The summed E-state index contributed by atoms with van der Waals surface area (Å²) in [4.78, 5) is 172. The van der Waals surface area contributed by atoms with Crippen molar-refractivity contribution in [1.29, 1.82) is 0 Å². The zero-order valence-corrected chi connectivity index (χ0v) is 68.0. The molecule has 124 heavy (non-hydrogen) atoms. The highest BCUT2D eigenvalue weighted by atomic mass is 16.6. The van der Waals surface area contributed by atoms with Gasteiger partial charge in [-0.2, -0.15) is 0 Å². The Labute approximate surface area is 707 Å². The number of esters is 8. The molecule has 0 saturated heterocycles. The molecular weight excluding hydrogens is 1640 g/mol. The van der Waals surface area contributed by atoms with E-state index in [1.165, 1.54) is 84.1 Å². The predicted molar refractivity (Wildman–Crippen MR) is 432 cm³/mol. The number of ether oxygens (including phenoxy) is 16. The summed E-state index contributed by atoms with van der Waals surface area (Å²) in [7, 11) is 11.5. The van der Waals surface area contributed by atoms with E-state index in [1.54, 1.807) is 137 Å². The number of hydrogen-bond acceptors (Lipinski definition) is 39. The lowest BCUT2D eigenvalue weighted by atomic mass is 10.1. The number of rotatable bonds is 44. The number of phenolic OH excluding ortho intramolecular Hbond substituents is 2. The number of hydrogen-bond donors (Lipinski definition) is 8. The van der Waals surface area contributed by atoms with Crippen LogP contribution >= 0.6 is 0 Å². The number of phenols is 2. The van der Waals surface area contributed by atoms with Crippen molar-refractivity contribution in [3.05, 3.63) is 190 Å². The van der Waals surface area contributed by atoms with Crippen LogP contribution in [-0.2, 0) is 110 Å². The number of carbonyl (C=O) groups is 15. The molecule has 6 aromatic carbocycles. The Kier molecular flexibility index (Phi) is 50.5. The molecule has 0 heterocycles. The third-order valence-electron chi connectivity index (χ3n) is 14.6. The maximum absolute atomic E-state index is 12.2. The van der Waals surface area contributed by atoms with Gasteiger partial charge in [-0.15, -0.1) is 0 Å². The van der Waals surface area contributed by atoms with Crippen molar-refractivity contribution in [2.45, 2.75) is 0 Å².